The lowest BCUT2D eigenvalue weighted by atomic mass is 9.97. The largest absolute Gasteiger partial charge is 0.370 e. The molecule has 96 valence electrons. The smallest absolute Gasteiger partial charge is 0.103 e. The molecule has 1 fully saturated rings. The second kappa shape index (κ2) is 6.08. The molecule has 18 heavy (non-hydrogen) atoms. The summed E-state index contributed by atoms with van der Waals surface area (Å²) in [6, 6.07) is 7.90. The van der Waals surface area contributed by atoms with E-state index in [0.29, 0.717) is 16.5 Å². The van der Waals surface area contributed by atoms with Gasteiger partial charge in [-0.2, -0.15) is 5.26 Å². The van der Waals surface area contributed by atoms with E-state index in [1.54, 1.807) is 6.07 Å². The van der Waals surface area contributed by atoms with Crippen LogP contribution < -0.4 is 10.2 Å². The van der Waals surface area contributed by atoms with Crippen LogP contribution in [0.15, 0.2) is 18.2 Å². The van der Waals surface area contributed by atoms with Gasteiger partial charge in [0.1, 0.15) is 6.07 Å². The van der Waals surface area contributed by atoms with E-state index in [9.17, 15) is 5.26 Å². The molecule has 0 aliphatic carbocycles. The van der Waals surface area contributed by atoms with Gasteiger partial charge in [0.2, 0.25) is 0 Å². The minimum Gasteiger partial charge on any atom is -0.370 e. The first kappa shape index (κ1) is 13.2. The quantitative estimate of drug-likeness (QED) is 0.911. The zero-order valence-corrected chi connectivity index (χ0v) is 11.4. The summed E-state index contributed by atoms with van der Waals surface area (Å²) < 4.78 is 0. The maximum atomic E-state index is 9.23. The van der Waals surface area contributed by atoms with Crippen molar-refractivity contribution in [1.29, 1.82) is 5.26 Å². The zero-order valence-electron chi connectivity index (χ0n) is 10.6. The topological polar surface area (TPSA) is 39.1 Å². The van der Waals surface area contributed by atoms with E-state index in [-0.39, 0.29) is 0 Å². The lowest BCUT2D eigenvalue weighted by molar-refractivity contribution is 0.403. The first-order valence-electron chi connectivity index (χ1n) is 6.34. The second-order valence-electron chi connectivity index (χ2n) is 4.76. The molecule has 1 unspecified atom stereocenters. The predicted molar refractivity (Wildman–Crippen MR) is 75.0 cm³/mol. The molecule has 1 N–H and O–H groups in total. The molecule has 1 heterocycles. The molecule has 1 aliphatic heterocycles. The Hall–Kier alpha value is -1.24. The first-order chi connectivity index (χ1) is 8.76. The molecular formula is C14H18ClN3. The molecule has 0 bridgehead atoms. The fourth-order valence-electron chi connectivity index (χ4n) is 2.63. The van der Waals surface area contributed by atoms with Crippen LogP contribution in [0.4, 0.5) is 5.69 Å². The predicted octanol–water partition coefficient (Wildman–Crippen LogP) is 2.65. The third-order valence-corrected chi connectivity index (χ3v) is 3.77. The molecule has 1 aliphatic rings. The highest BCUT2D eigenvalue weighted by Crippen LogP contribution is 2.30. The standard InChI is InChI=1S/C14H18ClN3/c1-17-9-11-4-3-7-18(10-11)14-6-2-5-13(15)12(14)8-16/h2,5-6,11,17H,3-4,7,9-10H2,1H3. The van der Waals surface area contributed by atoms with Crippen molar-refractivity contribution < 1.29 is 0 Å². The summed E-state index contributed by atoms with van der Waals surface area (Å²) in [4.78, 5) is 2.29. The molecule has 0 radical (unpaired) electrons. The number of piperidine rings is 1. The Morgan fingerprint density at radius 1 is 1.56 bits per heavy atom. The third kappa shape index (κ3) is 2.77. The number of halogens is 1. The van der Waals surface area contributed by atoms with Crippen LogP contribution in [-0.2, 0) is 0 Å². The Morgan fingerprint density at radius 2 is 2.39 bits per heavy atom. The maximum absolute atomic E-state index is 9.23. The molecule has 2 rings (SSSR count). The molecule has 4 heteroatoms. The van der Waals surface area contributed by atoms with Crippen LogP contribution in [0.25, 0.3) is 0 Å². The molecule has 0 amide bonds. The molecule has 0 aromatic heterocycles. The summed E-state index contributed by atoms with van der Waals surface area (Å²) in [7, 11) is 1.99. The first-order valence-corrected chi connectivity index (χ1v) is 6.72. The molecule has 1 aromatic rings. The van der Waals surface area contributed by atoms with Gasteiger partial charge in [-0.3, -0.25) is 0 Å². The van der Waals surface area contributed by atoms with Gasteiger partial charge < -0.3 is 10.2 Å². The highest BCUT2D eigenvalue weighted by Gasteiger charge is 2.22. The molecule has 0 saturated carbocycles. The van der Waals surface area contributed by atoms with E-state index < -0.39 is 0 Å². The monoisotopic (exact) mass is 263 g/mol. The summed E-state index contributed by atoms with van der Waals surface area (Å²) in [5, 5.41) is 13.0. The van der Waals surface area contributed by atoms with Crippen molar-refractivity contribution in [2.75, 3.05) is 31.6 Å². The number of nitrogens with zero attached hydrogens (tertiary/aromatic N) is 2. The Labute approximate surface area is 113 Å². The number of benzene rings is 1. The van der Waals surface area contributed by atoms with Gasteiger partial charge in [-0.05, 0) is 44.5 Å². The highest BCUT2D eigenvalue weighted by molar-refractivity contribution is 6.32. The van der Waals surface area contributed by atoms with Crippen molar-refractivity contribution in [2.24, 2.45) is 5.92 Å². The molecule has 1 aromatic carbocycles. The number of hydrogen-bond donors (Lipinski definition) is 1. The maximum Gasteiger partial charge on any atom is 0.103 e. The Balaban J connectivity index is 2.21. The third-order valence-electron chi connectivity index (χ3n) is 3.46. The number of nitriles is 1. The average molecular weight is 264 g/mol. The van der Waals surface area contributed by atoms with Gasteiger partial charge in [0.15, 0.2) is 0 Å². The van der Waals surface area contributed by atoms with Crippen LogP contribution in [-0.4, -0.2) is 26.7 Å². The minimum absolute atomic E-state index is 0.547. The van der Waals surface area contributed by atoms with Crippen LogP contribution in [0.5, 0.6) is 0 Å². The second-order valence-corrected chi connectivity index (χ2v) is 5.16. The van der Waals surface area contributed by atoms with Crippen LogP contribution >= 0.6 is 11.6 Å². The summed E-state index contributed by atoms with van der Waals surface area (Å²) in [5.74, 6) is 0.647. The van der Waals surface area contributed by atoms with E-state index in [1.807, 2.05) is 19.2 Å². The van der Waals surface area contributed by atoms with Crippen LogP contribution in [0.3, 0.4) is 0 Å². The van der Waals surface area contributed by atoms with Crippen LogP contribution in [0, 0.1) is 17.2 Å². The van der Waals surface area contributed by atoms with Crippen molar-refractivity contribution in [1.82, 2.24) is 5.32 Å². The Kier molecular flexibility index (Phi) is 4.46. The van der Waals surface area contributed by atoms with Crippen molar-refractivity contribution in [3.05, 3.63) is 28.8 Å². The van der Waals surface area contributed by atoms with Gasteiger partial charge in [0.05, 0.1) is 16.3 Å². The summed E-state index contributed by atoms with van der Waals surface area (Å²) in [5.41, 5.74) is 1.58. The van der Waals surface area contributed by atoms with Crippen LogP contribution in [0.2, 0.25) is 5.02 Å². The van der Waals surface area contributed by atoms with E-state index >= 15 is 0 Å². The zero-order chi connectivity index (χ0) is 13.0. The van der Waals surface area contributed by atoms with Crippen molar-refractivity contribution in [3.8, 4) is 6.07 Å². The van der Waals surface area contributed by atoms with E-state index in [4.69, 9.17) is 11.6 Å². The van der Waals surface area contributed by atoms with E-state index in [2.05, 4.69) is 16.3 Å². The van der Waals surface area contributed by atoms with Gasteiger partial charge in [0, 0.05) is 13.1 Å². The van der Waals surface area contributed by atoms with Gasteiger partial charge in [-0.1, -0.05) is 17.7 Å². The minimum atomic E-state index is 0.547. The molecule has 3 nitrogen and oxygen atoms in total. The number of rotatable bonds is 3. The van der Waals surface area contributed by atoms with E-state index in [0.717, 1.165) is 25.3 Å². The SMILES string of the molecule is CNCC1CCCN(c2cccc(Cl)c2C#N)C1. The van der Waals surface area contributed by atoms with Crippen molar-refractivity contribution in [3.63, 3.8) is 0 Å². The summed E-state index contributed by atoms with van der Waals surface area (Å²) in [6.45, 7) is 3.03. The average Bonchev–Trinajstić information content (AvgIpc) is 2.39. The Morgan fingerprint density at radius 3 is 3.11 bits per heavy atom. The van der Waals surface area contributed by atoms with Crippen molar-refractivity contribution in [2.45, 2.75) is 12.8 Å². The molecule has 0 spiro atoms. The molecule has 1 saturated heterocycles. The summed E-state index contributed by atoms with van der Waals surface area (Å²) >= 11 is 6.08. The summed E-state index contributed by atoms with van der Waals surface area (Å²) in [6.07, 6.45) is 2.42. The fraction of sp³-hybridized carbons (Fsp3) is 0.500. The normalized spacial score (nSPS) is 19.6. The van der Waals surface area contributed by atoms with Gasteiger partial charge in [-0.15, -0.1) is 0 Å². The van der Waals surface area contributed by atoms with Crippen molar-refractivity contribution >= 4 is 17.3 Å². The van der Waals surface area contributed by atoms with Gasteiger partial charge >= 0.3 is 0 Å². The molecule has 1 atom stereocenters. The highest BCUT2D eigenvalue weighted by atomic mass is 35.5. The lowest BCUT2D eigenvalue weighted by Gasteiger charge is -2.35. The van der Waals surface area contributed by atoms with Crippen LogP contribution in [0.1, 0.15) is 18.4 Å². The fourth-order valence-corrected chi connectivity index (χ4v) is 2.84. The van der Waals surface area contributed by atoms with Gasteiger partial charge in [0.25, 0.3) is 0 Å². The van der Waals surface area contributed by atoms with E-state index in [1.165, 1.54) is 12.8 Å². The molecular weight excluding hydrogens is 246 g/mol. The Bertz CT molecular complexity index is 451. The number of hydrogen-bond acceptors (Lipinski definition) is 3. The number of nitrogens with one attached hydrogen (secondary N) is 1. The van der Waals surface area contributed by atoms with Gasteiger partial charge in [-0.25, -0.2) is 0 Å². The lowest BCUT2D eigenvalue weighted by Crippen LogP contribution is -2.39. The number of anilines is 1.